The number of hydrogen-bond acceptors (Lipinski definition) is 2. The van der Waals surface area contributed by atoms with Gasteiger partial charge >= 0.3 is 0 Å². The molecule has 0 radical (unpaired) electrons. The zero-order valence-corrected chi connectivity index (χ0v) is 9.21. The molecule has 0 saturated heterocycles. The maximum absolute atomic E-state index is 11.3. The molecule has 4 nitrogen and oxygen atoms in total. The van der Waals surface area contributed by atoms with E-state index in [0.717, 1.165) is 16.5 Å². The summed E-state index contributed by atoms with van der Waals surface area (Å²) < 4.78 is 0. The molecule has 0 fully saturated rings. The maximum atomic E-state index is 11.3. The number of carbonyl (C=O) groups is 1. The molecule has 3 N–H and O–H groups in total. The lowest BCUT2D eigenvalue weighted by atomic mass is 10.2. The highest BCUT2D eigenvalue weighted by Gasteiger charge is 2.04. The number of rotatable bonds is 4. The van der Waals surface area contributed by atoms with Gasteiger partial charge in [0.15, 0.2) is 0 Å². The highest BCUT2D eigenvalue weighted by molar-refractivity contribution is 5.84. The summed E-state index contributed by atoms with van der Waals surface area (Å²) in [4.78, 5) is 14.5. The summed E-state index contributed by atoms with van der Waals surface area (Å²) in [6.45, 7) is 0.910. The van der Waals surface area contributed by atoms with E-state index in [2.05, 4.69) is 15.6 Å². The number of para-hydroxylation sites is 1. The molecule has 1 aromatic heterocycles. The molecule has 16 heavy (non-hydrogen) atoms. The van der Waals surface area contributed by atoms with Gasteiger partial charge in [-0.25, -0.2) is 0 Å². The standard InChI is InChI=1S/C12H15N3O/c1-13-8-12(16)15-7-9-6-14-11-5-3-2-4-10(9)11/h2-6,13-14H,7-8H2,1H3,(H,15,16). The number of H-pyrrole nitrogens is 1. The minimum atomic E-state index is 0.00720. The molecule has 1 aromatic carbocycles. The number of likely N-dealkylation sites (N-methyl/N-ethyl adjacent to an activating group) is 1. The lowest BCUT2D eigenvalue weighted by Crippen LogP contribution is -2.31. The normalized spacial score (nSPS) is 10.6. The number of nitrogens with one attached hydrogen (secondary N) is 3. The number of hydrogen-bond donors (Lipinski definition) is 3. The van der Waals surface area contributed by atoms with Crippen molar-refractivity contribution in [1.82, 2.24) is 15.6 Å². The number of amides is 1. The number of aromatic amines is 1. The van der Waals surface area contributed by atoms with Crippen molar-refractivity contribution in [3.63, 3.8) is 0 Å². The Bertz CT molecular complexity index is 490. The largest absolute Gasteiger partial charge is 0.361 e. The van der Waals surface area contributed by atoms with Crippen LogP contribution in [0, 0.1) is 0 Å². The minimum Gasteiger partial charge on any atom is -0.361 e. The van der Waals surface area contributed by atoms with Gasteiger partial charge in [0.05, 0.1) is 6.54 Å². The van der Waals surface area contributed by atoms with Crippen LogP contribution in [0.1, 0.15) is 5.56 Å². The lowest BCUT2D eigenvalue weighted by Gasteiger charge is -2.03. The highest BCUT2D eigenvalue weighted by Crippen LogP contribution is 2.16. The predicted molar refractivity (Wildman–Crippen MR) is 64.1 cm³/mol. The van der Waals surface area contributed by atoms with Crippen LogP contribution in [0.2, 0.25) is 0 Å². The summed E-state index contributed by atoms with van der Waals surface area (Å²) >= 11 is 0. The highest BCUT2D eigenvalue weighted by atomic mass is 16.1. The van der Waals surface area contributed by atoms with Crippen LogP contribution < -0.4 is 10.6 Å². The predicted octanol–water partition coefficient (Wildman–Crippen LogP) is 1.00. The van der Waals surface area contributed by atoms with E-state index < -0.39 is 0 Å². The molecule has 2 aromatic rings. The molecule has 0 saturated carbocycles. The zero-order valence-electron chi connectivity index (χ0n) is 9.21. The Hall–Kier alpha value is -1.81. The molecular weight excluding hydrogens is 202 g/mol. The van der Waals surface area contributed by atoms with Crippen molar-refractivity contribution in [1.29, 1.82) is 0 Å². The first-order valence-electron chi connectivity index (χ1n) is 5.27. The monoisotopic (exact) mass is 217 g/mol. The molecule has 84 valence electrons. The summed E-state index contributed by atoms with van der Waals surface area (Å²) in [5.74, 6) is 0.00720. The average molecular weight is 217 g/mol. The van der Waals surface area contributed by atoms with Crippen molar-refractivity contribution in [3.8, 4) is 0 Å². The van der Waals surface area contributed by atoms with Gasteiger partial charge in [0.2, 0.25) is 5.91 Å². The summed E-state index contributed by atoms with van der Waals surface area (Å²) in [6, 6.07) is 8.05. The Morgan fingerprint density at radius 2 is 2.19 bits per heavy atom. The molecule has 1 amide bonds. The number of carbonyl (C=O) groups excluding carboxylic acids is 1. The van der Waals surface area contributed by atoms with Gasteiger partial charge < -0.3 is 15.6 Å². The van der Waals surface area contributed by atoms with Gasteiger partial charge in [0.1, 0.15) is 0 Å². The van der Waals surface area contributed by atoms with E-state index in [4.69, 9.17) is 0 Å². The van der Waals surface area contributed by atoms with Gasteiger partial charge in [0.25, 0.3) is 0 Å². The summed E-state index contributed by atoms with van der Waals surface area (Å²) in [6.07, 6.45) is 1.93. The Morgan fingerprint density at radius 1 is 1.38 bits per heavy atom. The van der Waals surface area contributed by atoms with Crippen molar-refractivity contribution in [2.45, 2.75) is 6.54 Å². The van der Waals surface area contributed by atoms with Gasteiger partial charge in [-0.2, -0.15) is 0 Å². The maximum Gasteiger partial charge on any atom is 0.234 e. The van der Waals surface area contributed by atoms with Gasteiger partial charge in [-0.1, -0.05) is 18.2 Å². The SMILES string of the molecule is CNCC(=O)NCc1c[nH]c2ccccc12. The van der Waals surface area contributed by atoms with Crippen molar-refractivity contribution in [2.24, 2.45) is 0 Å². The molecule has 0 atom stereocenters. The molecule has 4 heteroatoms. The van der Waals surface area contributed by atoms with E-state index in [1.807, 2.05) is 30.5 Å². The zero-order chi connectivity index (χ0) is 11.4. The fourth-order valence-electron chi connectivity index (χ4n) is 1.69. The minimum absolute atomic E-state index is 0.00720. The third kappa shape index (κ3) is 2.23. The molecule has 1 heterocycles. The van der Waals surface area contributed by atoms with Crippen LogP contribution in [-0.4, -0.2) is 24.5 Å². The molecular formula is C12H15N3O. The number of aromatic nitrogens is 1. The summed E-state index contributed by atoms with van der Waals surface area (Å²) in [7, 11) is 1.76. The van der Waals surface area contributed by atoms with E-state index in [1.165, 1.54) is 0 Å². The fraction of sp³-hybridized carbons (Fsp3) is 0.250. The van der Waals surface area contributed by atoms with Gasteiger partial charge in [-0.3, -0.25) is 4.79 Å². The molecule has 0 aliphatic heterocycles. The Labute approximate surface area is 94.0 Å². The summed E-state index contributed by atoms with van der Waals surface area (Å²) in [5, 5.41) is 6.83. The molecule has 0 bridgehead atoms. The third-order valence-electron chi connectivity index (χ3n) is 2.49. The van der Waals surface area contributed by atoms with Gasteiger partial charge in [-0.15, -0.1) is 0 Å². The first-order valence-corrected chi connectivity index (χ1v) is 5.27. The third-order valence-corrected chi connectivity index (χ3v) is 2.49. The van der Waals surface area contributed by atoms with Gasteiger partial charge in [-0.05, 0) is 18.7 Å². The average Bonchev–Trinajstić information content (AvgIpc) is 2.70. The second-order valence-corrected chi connectivity index (χ2v) is 3.67. The molecule has 0 spiro atoms. The van der Waals surface area contributed by atoms with E-state index >= 15 is 0 Å². The van der Waals surface area contributed by atoms with Crippen LogP contribution >= 0.6 is 0 Å². The molecule has 0 aliphatic carbocycles. The van der Waals surface area contributed by atoms with Crippen LogP contribution in [0.3, 0.4) is 0 Å². The molecule has 0 unspecified atom stereocenters. The van der Waals surface area contributed by atoms with Crippen LogP contribution in [0.25, 0.3) is 10.9 Å². The quantitative estimate of drug-likeness (QED) is 0.715. The van der Waals surface area contributed by atoms with Crippen molar-refractivity contribution in [3.05, 3.63) is 36.0 Å². The summed E-state index contributed by atoms with van der Waals surface area (Å²) in [5.41, 5.74) is 2.21. The van der Waals surface area contributed by atoms with E-state index in [-0.39, 0.29) is 5.91 Å². The Morgan fingerprint density at radius 3 is 3.00 bits per heavy atom. The van der Waals surface area contributed by atoms with Crippen LogP contribution in [0.5, 0.6) is 0 Å². The van der Waals surface area contributed by atoms with Crippen LogP contribution in [0.15, 0.2) is 30.5 Å². The van der Waals surface area contributed by atoms with Crippen LogP contribution in [0.4, 0.5) is 0 Å². The van der Waals surface area contributed by atoms with E-state index in [9.17, 15) is 4.79 Å². The second-order valence-electron chi connectivity index (χ2n) is 3.67. The van der Waals surface area contributed by atoms with Crippen molar-refractivity contribution >= 4 is 16.8 Å². The topological polar surface area (TPSA) is 56.9 Å². The van der Waals surface area contributed by atoms with E-state index in [1.54, 1.807) is 7.05 Å². The first-order chi connectivity index (χ1) is 7.81. The van der Waals surface area contributed by atoms with Gasteiger partial charge in [0, 0.05) is 23.6 Å². The van der Waals surface area contributed by atoms with Crippen molar-refractivity contribution in [2.75, 3.05) is 13.6 Å². The smallest absolute Gasteiger partial charge is 0.234 e. The number of fused-ring (bicyclic) bond motifs is 1. The fourth-order valence-corrected chi connectivity index (χ4v) is 1.69. The van der Waals surface area contributed by atoms with Crippen molar-refractivity contribution < 1.29 is 4.79 Å². The van der Waals surface area contributed by atoms with E-state index in [0.29, 0.717) is 13.1 Å². The van der Waals surface area contributed by atoms with Crippen LogP contribution in [-0.2, 0) is 11.3 Å². The molecule has 0 aliphatic rings. The Balaban J connectivity index is 2.07. The Kier molecular flexibility index (Phi) is 3.22. The molecule has 2 rings (SSSR count). The number of benzene rings is 1. The first kappa shape index (κ1) is 10.7. The lowest BCUT2D eigenvalue weighted by molar-refractivity contribution is -0.120. The second kappa shape index (κ2) is 4.81.